The van der Waals surface area contributed by atoms with Crippen LogP contribution in [0.4, 0.5) is 5.69 Å². The minimum absolute atomic E-state index is 0.0726. The van der Waals surface area contributed by atoms with Crippen molar-refractivity contribution in [2.24, 2.45) is 11.7 Å². The van der Waals surface area contributed by atoms with Crippen LogP contribution in [0.15, 0.2) is 54.6 Å². The number of anilines is 1. The van der Waals surface area contributed by atoms with E-state index < -0.39 is 5.91 Å². The molecule has 0 aliphatic heterocycles. The monoisotopic (exact) mass is 395 g/mol. The number of rotatable bonds is 11. The van der Waals surface area contributed by atoms with E-state index in [1.165, 1.54) is 11.1 Å². The summed E-state index contributed by atoms with van der Waals surface area (Å²) >= 11 is 0. The van der Waals surface area contributed by atoms with Crippen molar-refractivity contribution >= 4 is 17.5 Å². The van der Waals surface area contributed by atoms with Crippen LogP contribution >= 0.6 is 0 Å². The predicted octanol–water partition coefficient (Wildman–Crippen LogP) is 3.83. The average Bonchev–Trinajstić information content (AvgIpc) is 2.70. The molecule has 1 atom stereocenters. The van der Waals surface area contributed by atoms with Crippen LogP contribution < -0.4 is 16.0 Å². The van der Waals surface area contributed by atoms with Crippen LogP contribution in [0.1, 0.15) is 50.8 Å². The molecular formula is C24H33N3O2. The summed E-state index contributed by atoms with van der Waals surface area (Å²) in [5.41, 5.74) is 8.57. The SMILES string of the molecule is CCCc1ccc(C(NCC(=O)N(CCC(N)=O)c2ccccc2)C(C)C)cc1. The molecule has 5 nitrogen and oxygen atoms in total. The molecule has 2 aromatic rings. The Morgan fingerprint density at radius 1 is 1.03 bits per heavy atom. The Hall–Kier alpha value is -2.66. The molecule has 0 radical (unpaired) electrons. The summed E-state index contributed by atoms with van der Waals surface area (Å²) in [4.78, 5) is 25.8. The van der Waals surface area contributed by atoms with Crippen LogP contribution in [0.2, 0.25) is 0 Å². The fraction of sp³-hybridized carbons (Fsp3) is 0.417. The Morgan fingerprint density at radius 3 is 2.24 bits per heavy atom. The van der Waals surface area contributed by atoms with Crippen molar-refractivity contribution in [3.63, 3.8) is 0 Å². The first kappa shape index (κ1) is 22.6. The third-order valence-electron chi connectivity index (χ3n) is 4.97. The number of nitrogens with one attached hydrogen (secondary N) is 1. The first-order valence-corrected chi connectivity index (χ1v) is 10.4. The van der Waals surface area contributed by atoms with Gasteiger partial charge in [0.25, 0.3) is 0 Å². The zero-order valence-electron chi connectivity index (χ0n) is 17.7. The van der Waals surface area contributed by atoms with Crippen LogP contribution in [0.25, 0.3) is 0 Å². The molecule has 5 heteroatoms. The van der Waals surface area contributed by atoms with Crippen molar-refractivity contribution in [2.75, 3.05) is 18.0 Å². The van der Waals surface area contributed by atoms with Gasteiger partial charge < -0.3 is 16.0 Å². The maximum Gasteiger partial charge on any atom is 0.240 e. The number of para-hydroxylation sites is 1. The van der Waals surface area contributed by atoms with Gasteiger partial charge in [-0.05, 0) is 35.6 Å². The lowest BCUT2D eigenvalue weighted by Crippen LogP contribution is -2.41. The van der Waals surface area contributed by atoms with E-state index in [-0.39, 0.29) is 31.5 Å². The molecule has 0 aliphatic carbocycles. The van der Waals surface area contributed by atoms with E-state index >= 15 is 0 Å². The lowest BCUT2D eigenvalue weighted by Gasteiger charge is -2.26. The molecule has 1 unspecified atom stereocenters. The number of amides is 2. The molecule has 156 valence electrons. The van der Waals surface area contributed by atoms with E-state index in [1.807, 2.05) is 30.3 Å². The quantitative estimate of drug-likeness (QED) is 0.607. The lowest BCUT2D eigenvalue weighted by molar-refractivity contribution is -0.118. The molecule has 29 heavy (non-hydrogen) atoms. The molecule has 0 heterocycles. The van der Waals surface area contributed by atoms with Gasteiger partial charge in [0.2, 0.25) is 11.8 Å². The molecule has 0 aliphatic rings. The van der Waals surface area contributed by atoms with Crippen molar-refractivity contribution in [2.45, 2.75) is 46.1 Å². The van der Waals surface area contributed by atoms with Crippen molar-refractivity contribution in [1.82, 2.24) is 5.32 Å². The molecule has 2 amide bonds. The fourth-order valence-electron chi connectivity index (χ4n) is 3.44. The molecule has 0 fully saturated rings. The van der Waals surface area contributed by atoms with Gasteiger partial charge in [-0.3, -0.25) is 9.59 Å². The Balaban J connectivity index is 2.09. The van der Waals surface area contributed by atoms with Gasteiger partial charge in [0, 0.05) is 24.7 Å². The lowest BCUT2D eigenvalue weighted by atomic mass is 9.94. The van der Waals surface area contributed by atoms with Crippen LogP contribution in [0.5, 0.6) is 0 Å². The number of carbonyl (C=O) groups excluding carboxylic acids is 2. The summed E-state index contributed by atoms with van der Waals surface area (Å²) < 4.78 is 0. The summed E-state index contributed by atoms with van der Waals surface area (Å²) in [7, 11) is 0. The Bertz CT molecular complexity index is 772. The van der Waals surface area contributed by atoms with E-state index in [0.717, 1.165) is 18.5 Å². The smallest absolute Gasteiger partial charge is 0.240 e. The third kappa shape index (κ3) is 7.02. The molecule has 0 saturated carbocycles. The van der Waals surface area contributed by atoms with Gasteiger partial charge in [0.1, 0.15) is 0 Å². The highest BCUT2D eigenvalue weighted by Gasteiger charge is 2.20. The number of benzene rings is 2. The molecule has 0 aromatic heterocycles. The number of hydrogen-bond acceptors (Lipinski definition) is 3. The zero-order chi connectivity index (χ0) is 21.2. The number of nitrogens with zero attached hydrogens (tertiary/aromatic N) is 1. The number of nitrogens with two attached hydrogens (primary N) is 1. The van der Waals surface area contributed by atoms with E-state index in [1.54, 1.807) is 4.90 Å². The fourth-order valence-corrected chi connectivity index (χ4v) is 3.44. The average molecular weight is 396 g/mol. The topological polar surface area (TPSA) is 75.4 Å². The number of carbonyl (C=O) groups is 2. The van der Waals surface area contributed by atoms with Crippen molar-refractivity contribution < 1.29 is 9.59 Å². The Labute approximate surface area is 174 Å². The van der Waals surface area contributed by atoms with Gasteiger partial charge in [-0.2, -0.15) is 0 Å². The summed E-state index contributed by atoms with van der Waals surface area (Å²) in [5, 5.41) is 3.42. The molecule has 0 spiro atoms. The molecule has 0 saturated heterocycles. The number of hydrogen-bond donors (Lipinski definition) is 2. The minimum atomic E-state index is -0.418. The molecule has 3 N–H and O–H groups in total. The predicted molar refractivity (Wildman–Crippen MR) is 119 cm³/mol. The van der Waals surface area contributed by atoms with E-state index in [2.05, 4.69) is 50.4 Å². The van der Waals surface area contributed by atoms with Gasteiger partial charge in [-0.25, -0.2) is 0 Å². The third-order valence-corrected chi connectivity index (χ3v) is 4.97. The Kier molecular flexibility index (Phi) is 8.87. The number of aryl methyl sites for hydroxylation is 1. The van der Waals surface area contributed by atoms with Gasteiger partial charge in [0.15, 0.2) is 0 Å². The van der Waals surface area contributed by atoms with Gasteiger partial charge in [0.05, 0.1) is 6.54 Å². The van der Waals surface area contributed by atoms with Gasteiger partial charge in [-0.1, -0.05) is 69.7 Å². The second kappa shape index (κ2) is 11.4. The second-order valence-electron chi connectivity index (χ2n) is 7.69. The molecule has 0 bridgehead atoms. The van der Waals surface area contributed by atoms with Crippen molar-refractivity contribution in [3.8, 4) is 0 Å². The summed E-state index contributed by atoms with van der Waals surface area (Å²) in [6.07, 6.45) is 2.33. The van der Waals surface area contributed by atoms with E-state index in [9.17, 15) is 9.59 Å². The standard InChI is InChI=1S/C24H33N3O2/c1-4-8-19-11-13-20(14-12-19)24(18(2)3)26-17-23(29)27(16-15-22(25)28)21-9-6-5-7-10-21/h5-7,9-14,18,24,26H,4,8,15-17H2,1-3H3,(H2,25,28). The first-order valence-electron chi connectivity index (χ1n) is 10.4. The van der Waals surface area contributed by atoms with Gasteiger partial charge in [-0.15, -0.1) is 0 Å². The first-order chi connectivity index (χ1) is 13.9. The van der Waals surface area contributed by atoms with Crippen molar-refractivity contribution in [3.05, 3.63) is 65.7 Å². The highest BCUT2D eigenvalue weighted by atomic mass is 16.2. The maximum absolute atomic E-state index is 13.0. The van der Waals surface area contributed by atoms with Crippen LogP contribution in [0.3, 0.4) is 0 Å². The van der Waals surface area contributed by atoms with Crippen molar-refractivity contribution in [1.29, 1.82) is 0 Å². The highest BCUT2D eigenvalue weighted by molar-refractivity contribution is 5.95. The van der Waals surface area contributed by atoms with E-state index in [0.29, 0.717) is 5.92 Å². The minimum Gasteiger partial charge on any atom is -0.370 e. The summed E-state index contributed by atoms with van der Waals surface area (Å²) in [5.74, 6) is -0.166. The Morgan fingerprint density at radius 2 is 1.69 bits per heavy atom. The normalized spacial score (nSPS) is 12.0. The van der Waals surface area contributed by atoms with E-state index in [4.69, 9.17) is 5.73 Å². The molecular weight excluding hydrogens is 362 g/mol. The van der Waals surface area contributed by atoms with Crippen LogP contribution in [0, 0.1) is 5.92 Å². The summed E-state index contributed by atoms with van der Waals surface area (Å²) in [6.45, 7) is 6.92. The van der Waals surface area contributed by atoms with Crippen LogP contribution in [-0.2, 0) is 16.0 Å². The largest absolute Gasteiger partial charge is 0.370 e. The van der Waals surface area contributed by atoms with Gasteiger partial charge >= 0.3 is 0 Å². The van der Waals surface area contributed by atoms with Crippen LogP contribution in [-0.4, -0.2) is 24.9 Å². The number of primary amides is 1. The summed E-state index contributed by atoms with van der Waals surface area (Å²) in [6, 6.07) is 18.1. The maximum atomic E-state index is 13.0. The molecule has 2 rings (SSSR count). The molecule has 2 aromatic carbocycles. The zero-order valence-corrected chi connectivity index (χ0v) is 17.7. The second-order valence-corrected chi connectivity index (χ2v) is 7.69. The highest BCUT2D eigenvalue weighted by Crippen LogP contribution is 2.23.